The highest BCUT2D eigenvalue weighted by Crippen LogP contribution is 2.27. The molecule has 8 heteroatoms. The van der Waals surface area contributed by atoms with E-state index in [-0.39, 0.29) is 19.6 Å². The van der Waals surface area contributed by atoms with Gasteiger partial charge in [0.15, 0.2) is 0 Å². The third kappa shape index (κ3) is 3.08. The molecule has 1 aromatic rings. The molecule has 2 rings (SSSR count). The molecule has 8 nitrogen and oxygen atoms in total. The highest BCUT2D eigenvalue weighted by Gasteiger charge is 2.35. The molecule has 1 aromatic heterocycles. The number of ether oxygens (including phenoxy) is 1. The molecule has 3 N–H and O–H groups in total. The number of aryl methyl sites for hydroxylation is 1. The maximum Gasteiger partial charge on any atom is 0.333 e. The molecule has 118 valence electrons. The Hall–Kier alpha value is -1.48. The van der Waals surface area contributed by atoms with Crippen LogP contribution in [0, 0.1) is 6.92 Å². The molecule has 1 saturated heterocycles. The minimum absolute atomic E-state index is 0.113. The van der Waals surface area contributed by atoms with Crippen molar-refractivity contribution in [3.8, 4) is 0 Å². The average molecular weight is 300 g/mol. The molecule has 4 atom stereocenters. The lowest BCUT2D eigenvalue weighted by Crippen LogP contribution is -2.43. The second-order valence-electron chi connectivity index (χ2n) is 5.38. The number of hydrogen-bond acceptors (Lipinski definition) is 6. The van der Waals surface area contributed by atoms with E-state index < -0.39 is 35.8 Å². The third-order valence-electron chi connectivity index (χ3n) is 3.51. The molecular formula is C13H20N2O6. The van der Waals surface area contributed by atoms with E-state index in [1.54, 1.807) is 6.92 Å². The van der Waals surface area contributed by atoms with Gasteiger partial charge in [-0.25, -0.2) is 4.79 Å². The van der Waals surface area contributed by atoms with Gasteiger partial charge in [0, 0.05) is 18.2 Å². The summed E-state index contributed by atoms with van der Waals surface area (Å²) in [6, 6.07) is 0. The molecule has 0 aliphatic carbocycles. The van der Waals surface area contributed by atoms with Crippen LogP contribution in [0.1, 0.15) is 25.1 Å². The van der Waals surface area contributed by atoms with Gasteiger partial charge >= 0.3 is 5.69 Å². The smallest absolute Gasteiger partial charge is 0.333 e. The van der Waals surface area contributed by atoms with Crippen molar-refractivity contribution in [2.75, 3.05) is 6.61 Å². The SMILES string of the molecule is Cc1cn(C2CC(O)C(CO)O2)c(=O)n(CC(C)O)c1=O. The first kappa shape index (κ1) is 15.9. The van der Waals surface area contributed by atoms with E-state index in [2.05, 4.69) is 0 Å². The number of nitrogens with zero attached hydrogens (tertiary/aromatic N) is 2. The minimum Gasteiger partial charge on any atom is -0.394 e. The first-order chi connectivity index (χ1) is 9.85. The Labute approximate surface area is 120 Å². The van der Waals surface area contributed by atoms with Gasteiger partial charge in [0.1, 0.15) is 12.3 Å². The summed E-state index contributed by atoms with van der Waals surface area (Å²) in [6.45, 7) is 2.58. The monoisotopic (exact) mass is 300 g/mol. The van der Waals surface area contributed by atoms with Gasteiger partial charge in [0.25, 0.3) is 5.56 Å². The van der Waals surface area contributed by atoms with Gasteiger partial charge in [0.05, 0.1) is 25.4 Å². The van der Waals surface area contributed by atoms with Crippen LogP contribution >= 0.6 is 0 Å². The van der Waals surface area contributed by atoms with Gasteiger partial charge in [-0.2, -0.15) is 0 Å². The summed E-state index contributed by atoms with van der Waals surface area (Å²) < 4.78 is 7.60. The van der Waals surface area contributed by atoms with Crippen molar-refractivity contribution in [3.05, 3.63) is 32.6 Å². The Balaban J connectivity index is 2.44. The lowest BCUT2D eigenvalue weighted by atomic mass is 10.2. The first-order valence-electron chi connectivity index (χ1n) is 6.80. The second-order valence-corrected chi connectivity index (χ2v) is 5.38. The largest absolute Gasteiger partial charge is 0.394 e. The van der Waals surface area contributed by atoms with Crippen molar-refractivity contribution in [2.24, 2.45) is 0 Å². The summed E-state index contributed by atoms with van der Waals surface area (Å²) in [4.78, 5) is 24.3. The van der Waals surface area contributed by atoms with Crippen LogP contribution < -0.4 is 11.2 Å². The van der Waals surface area contributed by atoms with E-state index in [4.69, 9.17) is 9.84 Å². The summed E-state index contributed by atoms with van der Waals surface area (Å²) in [7, 11) is 0. The molecule has 0 amide bonds. The maximum atomic E-state index is 12.4. The number of rotatable bonds is 4. The van der Waals surface area contributed by atoms with Crippen LogP contribution in [0.2, 0.25) is 0 Å². The van der Waals surface area contributed by atoms with Crippen molar-refractivity contribution < 1.29 is 20.1 Å². The predicted octanol–water partition coefficient (Wildman–Crippen LogP) is -1.66. The van der Waals surface area contributed by atoms with Gasteiger partial charge in [-0.05, 0) is 13.8 Å². The molecule has 2 heterocycles. The van der Waals surface area contributed by atoms with E-state index in [9.17, 15) is 19.8 Å². The predicted molar refractivity (Wildman–Crippen MR) is 73.0 cm³/mol. The van der Waals surface area contributed by atoms with Crippen molar-refractivity contribution in [2.45, 2.75) is 51.4 Å². The van der Waals surface area contributed by atoms with Gasteiger partial charge in [-0.15, -0.1) is 0 Å². The summed E-state index contributed by atoms with van der Waals surface area (Å²) in [5.74, 6) is 0. The zero-order valence-electron chi connectivity index (χ0n) is 12.0. The fourth-order valence-electron chi connectivity index (χ4n) is 2.44. The summed E-state index contributed by atoms with van der Waals surface area (Å²) >= 11 is 0. The van der Waals surface area contributed by atoms with Gasteiger partial charge in [-0.3, -0.25) is 13.9 Å². The molecule has 1 aliphatic rings. The Morgan fingerprint density at radius 1 is 1.48 bits per heavy atom. The van der Waals surface area contributed by atoms with E-state index in [1.807, 2.05) is 0 Å². The Morgan fingerprint density at radius 2 is 2.14 bits per heavy atom. The van der Waals surface area contributed by atoms with Crippen LogP contribution in [-0.4, -0.2) is 49.4 Å². The lowest BCUT2D eigenvalue weighted by molar-refractivity contribution is -0.0465. The summed E-state index contributed by atoms with van der Waals surface area (Å²) in [5, 5.41) is 28.2. The molecule has 0 radical (unpaired) electrons. The highest BCUT2D eigenvalue weighted by molar-refractivity contribution is 5.04. The van der Waals surface area contributed by atoms with Crippen LogP contribution in [-0.2, 0) is 11.3 Å². The second kappa shape index (κ2) is 6.10. The van der Waals surface area contributed by atoms with Crippen molar-refractivity contribution in [1.82, 2.24) is 9.13 Å². The standard InChI is InChI=1S/C13H20N2O6/c1-7-4-14(11-3-9(18)10(6-16)21-11)13(20)15(12(7)19)5-8(2)17/h4,8-11,16-18H,3,5-6H2,1-2H3. The van der Waals surface area contributed by atoms with Gasteiger partial charge < -0.3 is 20.1 Å². The van der Waals surface area contributed by atoms with Crippen LogP contribution in [0.5, 0.6) is 0 Å². The maximum absolute atomic E-state index is 12.4. The van der Waals surface area contributed by atoms with Crippen molar-refractivity contribution in [3.63, 3.8) is 0 Å². The minimum atomic E-state index is -0.871. The molecule has 0 spiro atoms. The van der Waals surface area contributed by atoms with Crippen LogP contribution in [0.25, 0.3) is 0 Å². The molecule has 4 unspecified atom stereocenters. The molecule has 1 fully saturated rings. The topological polar surface area (TPSA) is 114 Å². The van der Waals surface area contributed by atoms with E-state index in [0.29, 0.717) is 5.56 Å². The number of aromatic nitrogens is 2. The zero-order chi connectivity index (χ0) is 15.7. The fraction of sp³-hybridized carbons (Fsp3) is 0.692. The lowest BCUT2D eigenvalue weighted by Gasteiger charge is -2.18. The molecule has 21 heavy (non-hydrogen) atoms. The highest BCUT2D eigenvalue weighted by atomic mass is 16.5. The average Bonchev–Trinajstić information content (AvgIpc) is 2.79. The Morgan fingerprint density at radius 3 is 2.67 bits per heavy atom. The van der Waals surface area contributed by atoms with Crippen LogP contribution in [0.15, 0.2) is 15.8 Å². The molecule has 0 bridgehead atoms. The Kier molecular flexibility index (Phi) is 4.62. The van der Waals surface area contributed by atoms with Crippen LogP contribution in [0.4, 0.5) is 0 Å². The Bertz CT molecular complexity index is 620. The number of aliphatic hydroxyl groups is 3. The fourth-order valence-corrected chi connectivity index (χ4v) is 2.44. The quantitative estimate of drug-likeness (QED) is 0.613. The summed E-state index contributed by atoms with van der Waals surface area (Å²) in [5.41, 5.74) is -0.738. The zero-order valence-corrected chi connectivity index (χ0v) is 12.0. The van der Waals surface area contributed by atoms with E-state index >= 15 is 0 Å². The third-order valence-corrected chi connectivity index (χ3v) is 3.51. The van der Waals surface area contributed by atoms with Gasteiger partial charge in [-0.1, -0.05) is 0 Å². The van der Waals surface area contributed by atoms with Crippen molar-refractivity contribution >= 4 is 0 Å². The molecule has 0 saturated carbocycles. The van der Waals surface area contributed by atoms with Crippen molar-refractivity contribution in [1.29, 1.82) is 0 Å². The number of aliphatic hydroxyl groups excluding tert-OH is 3. The molecule has 1 aliphatic heterocycles. The van der Waals surface area contributed by atoms with Crippen LogP contribution in [0.3, 0.4) is 0 Å². The summed E-state index contributed by atoms with van der Waals surface area (Å²) in [6.07, 6.45) is -1.68. The van der Waals surface area contributed by atoms with Gasteiger partial charge in [0.2, 0.25) is 0 Å². The number of hydrogen-bond donors (Lipinski definition) is 3. The first-order valence-corrected chi connectivity index (χ1v) is 6.80. The molecular weight excluding hydrogens is 280 g/mol. The van der Waals surface area contributed by atoms with E-state index in [0.717, 1.165) is 4.57 Å². The van der Waals surface area contributed by atoms with E-state index in [1.165, 1.54) is 17.7 Å². The molecule has 0 aromatic carbocycles. The normalized spacial score (nSPS) is 27.0.